The zero-order valence-corrected chi connectivity index (χ0v) is 16.8. The zero-order valence-electron chi connectivity index (χ0n) is 15.1. The molecule has 18 heteroatoms. The molecule has 3 rings (SSSR count). The fourth-order valence-electron chi connectivity index (χ4n) is 3.48. The van der Waals surface area contributed by atoms with Crippen molar-refractivity contribution in [2.24, 2.45) is 5.73 Å². The first-order chi connectivity index (χ1) is 13.3. The van der Waals surface area contributed by atoms with Gasteiger partial charge in [0, 0.05) is 0 Å². The van der Waals surface area contributed by atoms with Gasteiger partial charge in [-0.05, 0) is 0 Å². The van der Waals surface area contributed by atoms with Crippen molar-refractivity contribution in [1.82, 2.24) is 10.6 Å². The van der Waals surface area contributed by atoms with Crippen LogP contribution in [0.3, 0.4) is 0 Å². The van der Waals surface area contributed by atoms with E-state index in [1.807, 2.05) is 0 Å². The molecule has 0 aromatic rings. The molecule has 0 bridgehead atoms. The van der Waals surface area contributed by atoms with Gasteiger partial charge in [0.2, 0.25) is 19.2 Å². The van der Waals surface area contributed by atoms with Crippen molar-refractivity contribution in [2.75, 3.05) is 20.3 Å². The van der Waals surface area contributed by atoms with Gasteiger partial charge < -0.3 is 14.9 Å². The average molecular weight is 465 g/mol. The number of carbonyl (C=O) groups is 1. The van der Waals surface area contributed by atoms with Crippen LogP contribution in [0.1, 0.15) is 0 Å². The third-order valence-electron chi connectivity index (χ3n) is 4.63. The molecule has 16 nitrogen and oxygen atoms in total. The molecule has 3 heterocycles. The Morgan fingerprint density at radius 2 is 1.90 bits per heavy atom. The van der Waals surface area contributed by atoms with Crippen molar-refractivity contribution in [3.8, 4) is 0 Å². The maximum Gasteiger partial charge on any atom is 0.620 e. The molecule has 1 amide bonds. The van der Waals surface area contributed by atoms with Crippen LogP contribution in [0, 0.1) is 0 Å². The summed E-state index contributed by atoms with van der Waals surface area (Å²) < 4.78 is 15.6. The average Bonchev–Trinajstić information content (AvgIpc) is 3.01. The SMILES string of the molecule is C[NH+]1C[N+]([C@@H]2O[C@H](CO[P+](O)(O)O[P+](O)(O)O)[C@@H](O)[C@H]2O)=C2NC(N)NC(=O)C21. The monoisotopic (exact) mass is 465 g/mol. The van der Waals surface area contributed by atoms with Gasteiger partial charge >= 0.3 is 22.2 Å². The summed E-state index contributed by atoms with van der Waals surface area (Å²) in [6, 6.07) is -0.629. The summed E-state index contributed by atoms with van der Waals surface area (Å²) in [4.78, 5) is 58.1. The number of amidine groups is 1. The summed E-state index contributed by atoms with van der Waals surface area (Å²) in [5.74, 6) is 0.0665. The van der Waals surface area contributed by atoms with E-state index in [1.54, 1.807) is 7.05 Å². The highest BCUT2D eigenvalue weighted by atomic mass is 31.3. The summed E-state index contributed by atoms with van der Waals surface area (Å²) in [6.45, 7) is -0.500. The van der Waals surface area contributed by atoms with Crippen LogP contribution in [0.25, 0.3) is 0 Å². The second-order valence-corrected chi connectivity index (χ2v) is 9.77. The lowest BCUT2D eigenvalue weighted by molar-refractivity contribution is -0.951. The van der Waals surface area contributed by atoms with Gasteiger partial charge in [-0.3, -0.25) is 20.7 Å². The Kier molecular flexibility index (Phi) is 6.43. The Morgan fingerprint density at radius 3 is 2.52 bits per heavy atom. The second-order valence-electron chi connectivity index (χ2n) is 6.85. The standard InChI is InChI=1S/C11H22N5O11P2/c1-15-3-16(8-5(15)9(19)14-11(12)13-8)10-7(18)6(17)4(26-10)2-25-29(23,24)27-28(20,21)22/h4-7,10-11,17-18,20-24H,2-3,12H2,1H3/q+1/p+3/t4-,5?,6-,7-,10-,11?/m1/s1. The number of carbonyl (C=O) groups excluding carboxylic acids is 1. The number of nitrogens with one attached hydrogen (secondary N) is 3. The van der Waals surface area contributed by atoms with E-state index in [-0.39, 0.29) is 12.6 Å². The molecule has 0 radical (unpaired) electrons. The first kappa shape index (κ1) is 23.0. The fraction of sp³-hybridized carbons (Fsp3) is 0.818. The summed E-state index contributed by atoms with van der Waals surface area (Å²) in [5, 5.41) is 26.1. The molecule has 3 aliphatic heterocycles. The zero-order chi connectivity index (χ0) is 21.7. The number of amides is 1. The Labute approximate surface area is 165 Å². The van der Waals surface area contributed by atoms with Crippen LogP contribution >= 0.6 is 16.3 Å². The number of quaternary nitrogens is 1. The van der Waals surface area contributed by atoms with E-state index in [1.165, 1.54) is 4.58 Å². The van der Waals surface area contributed by atoms with E-state index in [0.717, 1.165) is 4.90 Å². The smallest absolute Gasteiger partial charge is 0.387 e. The van der Waals surface area contributed by atoms with Crippen LogP contribution in [-0.2, 0) is 18.4 Å². The van der Waals surface area contributed by atoms with Gasteiger partial charge in [-0.2, -0.15) is 29.0 Å². The minimum atomic E-state index is -4.99. The topological polar surface area (TPSA) is 244 Å². The first-order valence-electron chi connectivity index (χ1n) is 8.36. The van der Waals surface area contributed by atoms with E-state index < -0.39 is 59.8 Å². The highest BCUT2D eigenvalue weighted by Gasteiger charge is 2.60. The van der Waals surface area contributed by atoms with Crippen molar-refractivity contribution in [1.29, 1.82) is 0 Å². The number of nitrogens with zero attached hydrogens (tertiary/aromatic N) is 1. The molecule has 3 unspecified atom stereocenters. The predicted molar refractivity (Wildman–Crippen MR) is 92.7 cm³/mol. The molecule has 2 fully saturated rings. The number of likely N-dealkylation sites (N-methyl/N-ethyl adjacent to an activating group) is 1. The number of fused-ring (bicyclic) bond motifs is 1. The molecule has 0 aliphatic carbocycles. The number of hydrogen-bond donors (Lipinski definition) is 11. The predicted octanol–water partition coefficient (Wildman–Crippen LogP) is -6.99. The minimum Gasteiger partial charge on any atom is -0.387 e. The lowest BCUT2D eigenvalue weighted by Gasteiger charge is -2.22. The number of hydrogen-bond acceptors (Lipinski definition) is 13. The largest absolute Gasteiger partial charge is 0.620 e. The second kappa shape index (κ2) is 8.11. The summed E-state index contributed by atoms with van der Waals surface area (Å²) in [7, 11) is -8.09. The lowest BCUT2D eigenvalue weighted by Crippen LogP contribution is -3.14. The van der Waals surface area contributed by atoms with Crippen LogP contribution in [-0.4, -0.2) is 108 Å². The molecule has 29 heavy (non-hydrogen) atoms. The van der Waals surface area contributed by atoms with E-state index >= 15 is 0 Å². The van der Waals surface area contributed by atoms with Crippen molar-refractivity contribution >= 4 is 28.1 Å². The van der Waals surface area contributed by atoms with Crippen LogP contribution in [0.5, 0.6) is 0 Å². The fourth-order valence-corrected chi connectivity index (χ4v) is 5.15. The van der Waals surface area contributed by atoms with Crippen molar-refractivity contribution < 1.29 is 62.5 Å². The van der Waals surface area contributed by atoms with Crippen LogP contribution in [0.2, 0.25) is 0 Å². The molecule has 3 aliphatic rings. The van der Waals surface area contributed by atoms with Gasteiger partial charge in [-0.25, -0.2) is 5.32 Å². The first-order valence-corrected chi connectivity index (χ1v) is 11.5. The quantitative estimate of drug-likeness (QED) is 0.129. The van der Waals surface area contributed by atoms with Crippen LogP contribution in [0.15, 0.2) is 0 Å². The van der Waals surface area contributed by atoms with Gasteiger partial charge in [0.05, 0.1) is 11.4 Å². The number of rotatable bonds is 6. The normalized spacial score (nSPS) is 38.1. The Balaban J connectivity index is 1.72. The van der Waals surface area contributed by atoms with Gasteiger partial charge in [-0.15, -0.1) is 4.52 Å². The van der Waals surface area contributed by atoms with E-state index in [0.29, 0.717) is 5.84 Å². The molecular formula is C11H25N5O11P2+4. The molecule has 7 atom stereocenters. The number of aliphatic hydroxyl groups excluding tert-OH is 2. The molecule has 0 aromatic carbocycles. The van der Waals surface area contributed by atoms with Gasteiger partial charge in [0.15, 0.2) is 0 Å². The van der Waals surface area contributed by atoms with E-state index in [4.69, 9.17) is 25.2 Å². The van der Waals surface area contributed by atoms with Gasteiger partial charge in [-0.1, -0.05) is 0 Å². The molecule has 0 aromatic heterocycles. The van der Waals surface area contributed by atoms with Crippen molar-refractivity contribution in [3.63, 3.8) is 0 Å². The summed E-state index contributed by atoms with van der Waals surface area (Å²) in [6.07, 6.45) is -6.23. The molecule has 0 saturated carbocycles. The maximum absolute atomic E-state index is 12.2. The molecule has 12 N–H and O–H groups in total. The lowest BCUT2D eigenvalue weighted by atomic mass is 10.1. The number of ether oxygens (including phenoxy) is 1. The van der Waals surface area contributed by atoms with Gasteiger partial charge in [0.25, 0.3) is 11.9 Å². The van der Waals surface area contributed by atoms with Crippen molar-refractivity contribution in [3.05, 3.63) is 0 Å². The van der Waals surface area contributed by atoms with Crippen LogP contribution < -0.4 is 21.3 Å². The van der Waals surface area contributed by atoms with Crippen molar-refractivity contribution in [2.45, 2.75) is 36.9 Å². The van der Waals surface area contributed by atoms with Crippen LogP contribution in [0.4, 0.5) is 0 Å². The highest BCUT2D eigenvalue weighted by Crippen LogP contribution is 2.67. The van der Waals surface area contributed by atoms with E-state index in [9.17, 15) is 24.8 Å². The molecule has 0 spiro atoms. The maximum atomic E-state index is 12.2. The number of nitrogens with two attached hydrogens (primary N) is 1. The Morgan fingerprint density at radius 1 is 1.24 bits per heavy atom. The third kappa shape index (κ3) is 4.98. The highest BCUT2D eigenvalue weighted by molar-refractivity contribution is 7.67. The Bertz CT molecular complexity index is 691. The van der Waals surface area contributed by atoms with E-state index in [2.05, 4.69) is 19.5 Å². The molecule has 2 saturated heterocycles. The molecule has 166 valence electrons. The number of aliphatic hydroxyl groups is 2. The summed E-state index contributed by atoms with van der Waals surface area (Å²) >= 11 is 0. The minimum absolute atomic E-state index is 0.224. The molecular weight excluding hydrogens is 440 g/mol. The Hall–Kier alpha value is -0.680. The summed E-state index contributed by atoms with van der Waals surface area (Å²) in [5.41, 5.74) is 5.73. The third-order valence-corrected chi connectivity index (χ3v) is 6.84. The van der Waals surface area contributed by atoms with Gasteiger partial charge in [0.1, 0.15) is 24.9 Å².